The van der Waals surface area contributed by atoms with Gasteiger partial charge in [-0.3, -0.25) is 0 Å². The zero-order chi connectivity index (χ0) is 13.5. The fourth-order valence-electron chi connectivity index (χ4n) is 1.24. The standard InChI is InChI=1S/C12H13ClN2O2S/c1-2-14-12(18)15-10-7-8(3-5-9(10)13)4-6-11(16)17/h3-7H,2H2,1H3,(H,16,17)(H2,14,15,18)/b6-4+. The highest BCUT2D eigenvalue weighted by Crippen LogP contribution is 2.23. The van der Waals surface area contributed by atoms with Crippen molar-refractivity contribution >= 4 is 46.7 Å². The summed E-state index contributed by atoms with van der Waals surface area (Å²) in [4.78, 5) is 10.4. The Morgan fingerprint density at radius 1 is 1.56 bits per heavy atom. The van der Waals surface area contributed by atoms with Gasteiger partial charge in [-0.1, -0.05) is 17.7 Å². The molecule has 6 heteroatoms. The first-order valence-electron chi connectivity index (χ1n) is 5.28. The molecule has 0 unspecified atom stereocenters. The van der Waals surface area contributed by atoms with Crippen LogP contribution in [0.25, 0.3) is 6.08 Å². The Kier molecular flexibility index (Phi) is 5.61. The van der Waals surface area contributed by atoms with Gasteiger partial charge in [0.1, 0.15) is 0 Å². The van der Waals surface area contributed by atoms with Crippen LogP contribution in [0.5, 0.6) is 0 Å². The minimum atomic E-state index is -0.998. The molecule has 0 amide bonds. The molecule has 0 radical (unpaired) electrons. The largest absolute Gasteiger partial charge is 0.478 e. The third kappa shape index (κ3) is 4.73. The number of carboxylic acid groups (broad SMARTS) is 1. The molecule has 0 atom stereocenters. The van der Waals surface area contributed by atoms with Gasteiger partial charge >= 0.3 is 5.97 Å². The lowest BCUT2D eigenvalue weighted by Crippen LogP contribution is -2.28. The summed E-state index contributed by atoms with van der Waals surface area (Å²) in [6.45, 7) is 2.64. The monoisotopic (exact) mass is 284 g/mol. The molecule has 0 aliphatic heterocycles. The van der Waals surface area contributed by atoms with E-state index in [1.54, 1.807) is 18.2 Å². The fraction of sp³-hybridized carbons (Fsp3) is 0.167. The maximum atomic E-state index is 10.4. The molecule has 0 saturated heterocycles. The van der Waals surface area contributed by atoms with Gasteiger partial charge < -0.3 is 15.7 Å². The number of aliphatic carboxylic acids is 1. The number of hydrogen-bond donors (Lipinski definition) is 3. The Labute approximate surface area is 116 Å². The number of carbonyl (C=O) groups is 1. The van der Waals surface area contributed by atoms with Gasteiger partial charge in [0.15, 0.2) is 5.11 Å². The zero-order valence-corrected chi connectivity index (χ0v) is 11.3. The second kappa shape index (κ2) is 6.98. The van der Waals surface area contributed by atoms with Crippen LogP contribution in [0.4, 0.5) is 5.69 Å². The number of benzene rings is 1. The molecule has 0 aliphatic carbocycles. The van der Waals surface area contributed by atoms with Crippen molar-refractivity contribution < 1.29 is 9.90 Å². The maximum Gasteiger partial charge on any atom is 0.328 e. The van der Waals surface area contributed by atoms with E-state index in [4.69, 9.17) is 28.9 Å². The number of thiocarbonyl (C=S) groups is 1. The van der Waals surface area contributed by atoms with Crippen molar-refractivity contribution in [2.45, 2.75) is 6.92 Å². The molecule has 4 nitrogen and oxygen atoms in total. The molecular weight excluding hydrogens is 272 g/mol. The smallest absolute Gasteiger partial charge is 0.328 e. The molecule has 3 N–H and O–H groups in total. The summed E-state index contributed by atoms with van der Waals surface area (Å²) in [5.41, 5.74) is 1.36. The van der Waals surface area contributed by atoms with Crippen LogP contribution in [0.1, 0.15) is 12.5 Å². The Hall–Kier alpha value is -1.59. The van der Waals surface area contributed by atoms with Gasteiger partial charge in [-0.2, -0.15) is 0 Å². The van der Waals surface area contributed by atoms with E-state index >= 15 is 0 Å². The first-order chi connectivity index (χ1) is 8.52. The van der Waals surface area contributed by atoms with E-state index in [0.717, 1.165) is 11.6 Å². The van der Waals surface area contributed by atoms with E-state index in [1.807, 2.05) is 6.92 Å². The summed E-state index contributed by atoms with van der Waals surface area (Å²) in [6.07, 6.45) is 2.55. The molecule has 0 bridgehead atoms. The Bertz CT molecular complexity index is 489. The van der Waals surface area contributed by atoms with Gasteiger partial charge in [0.05, 0.1) is 10.7 Å². The summed E-state index contributed by atoms with van der Waals surface area (Å²) in [5, 5.41) is 15.4. The lowest BCUT2D eigenvalue weighted by Gasteiger charge is -2.10. The number of hydrogen-bond acceptors (Lipinski definition) is 2. The van der Waals surface area contributed by atoms with Crippen LogP contribution in [-0.2, 0) is 4.79 Å². The maximum absolute atomic E-state index is 10.4. The minimum absolute atomic E-state index is 0.471. The number of halogens is 1. The van der Waals surface area contributed by atoms with Crippen molar-refractivity contribution in [2.75, 3.05) is 11.9 Å². The normalized spacial score (nSPS) is 10.3. The van der Waals surface area contributed by atoms with E-state index in [1.165, 1.54) is 6.08 Å². The average molecular weight is 285 g/mol. The van der Waals surface area contributed by atoms with Crippen molar-refractivity contribution in [3.05, 3.63) is 34.9 Å². The van der Waals surface area contributed by atoms with Crippen molar-refractivity contribution in [1.82, 2.24) is 5.32 Å². The van der Waals surface area contributed by atoms with Crippen molar-refractivity contribution in [3.8, 4) is 0 Å². The summed E-state index contributed by atoms with van der Waals surface area (Å²) < 4.78 is 0. The third-order valence-electron chi connectivity index (χ3n) is 1.99. The zero-order valence-electron chi connectivity index (χ0n) is 9.74. The lowest BCUT2D eigenvalue weighted by atomic mass is 10.2. The number of carboxylic acids is 1. The first-order valence-corrected chi connectivity index (χ1v) is 6.07. The van der Waals surface area contributed by atoms with E-state index in [2.05, 4.69) is 10.6 Å². The van der Waals surface area contributed by atoms with Gasteiger partial charge in [0, 0.05) is 12.6 Å². The second-order valence-electron chi connectivity index (χ2n) is 3.40. The first kappa shape index (κ1) is 14.5. The Balaban J connectivity index is 2.87. The molecular formula is C12H13ClN2O2S. The van der Waals surface area contributed by atoms with Gasteiger partial charge in [-0.15, -0.1) is 0 Å². The molecule has 18 heavy (non-hydrogen) atoms. The topological polar surface area (TPSA) is 61.4 Å². The van der Waals surface area contributed by atoms with Gasteiger partial charge in [0.2, 0.25) is 0 Å². The molecule has 1 aromatic rings. The van der Waals surface area contributed by atoms with Gasteiger partial charge in [-0.05, 0) is 42.9 Å². The van der Waals surface area contributed by atoms with Crippen LogP contribution in [0.3, 0.4) is 0 Å². The third-order valence-corrected chi connectivity index (χ3v) is 2.57. The van der Waals surface area contributed by atoms with Crippen LogP contribution >= 0.6 is 23.8 Å². The molecule has 1 rings (SSSR count). The van der Waals surface area contributed by atoms with Crippen LogP contribution in [0.2, 0.25) is 5.02 Å². The predicted octanol–water partition coefficient (Wildman–Crippen LogP) is 2.74. The van der Waals surface area contributed by atoms with Crippen LogP contribution in [-0.4, -0.2) is 22.7 Å². The summed E-state index contributed by atoms with van der Waals surface area (Å²) >= 11 is 11.1. The van der Waals surface area contributed by atoms with Gasteiger partial charge in [0.25, 0.3) is 0 Å². The Morgan fingerprint density at radius 2 is 2.28 bits per heavy atom. The highest BCUT2D eigenvalue weighted by molar-refractivity contribution is 7.80. The van der Waals surface area contributed by atoms with E-state index < -0.39 is 5.97 Å². The average Bonchev–Trinajstić information content (AvgIpc) is 2.30. The molecule has 1 aromatic carbocycles. The highest BCUT2D eigenvalue weighted by atomic mass is 35.5. The van der Waals surface area contributed by atoms with Crippen LogP contribution in [0, 0.1) is 0 Å². The molecule has 0 aromatic heterocycles. The van der Waals surface area contributed by atoms with Crippen molar-refractivity contribution in [3.63, 3.8) is 0 Å². The quantitative estimate of drug-likeness (QED) is 0.586. The number of rotatable bonds is 4. The van der Waals surface area contributed by atoms with E-state index in [9.17, 15) is 4.79 Å². The lowest BCUT2D eigenvalue weighted by molar-refractivity contribution is -0.131. The summed E-state index contributed by atoms with van der Waals surface area (Å²) in [5.74, 6) is -0.998. The molecule has 0 fully saturated rings. The van der Waals surface area contributed by atoms with Gasteiger partial charge in [-0.25, -0.2) is 4.79 Å². The molecule has 0 aliphatic rings. The second-order valence-corrected chi connectivity index (χ2v) is 4.21. The molecule has 96 valence electrons. The molecule has 0 saturated carbocycles. The van der Waals surface area contributed by atoms with E-state index in [-0.39, 0.29) is 0 Å². The minimum Gasteiger partial charge on any atom is -0.478 e. The van der Waals surface area contributed by atoms with Crippen LogP contribution in [0.15, 0.2) is 24.3 Å². The SMILES string of the molecule is CCNC(=S)Nc1cc(/C=C/C(=O)O)ccc1Cl. The molecule has 0 heterocycles. The number of anilines is 1. The fourth-order valence-corrected chi connectivity index (χ4v) is 1.66. The van der Waals surface area contributed by atoms with Crippen molar-refractivity contribution in [1.29, 1.82) is 0 Å². The summed E-state index contributed by atoms with van der Waals surface area (Å²) in [6, 6.07) is 5.13. The predicted molar refractivity (Wildman–Crippen MR) is 78.0 cm³/mol. The molecule has 0 spiro atoms. The summed E-state index contributed by atoms with van der Waals surface area (Å²) in [7, 11) is 0. The van der Waals surface area contributed by atoms with Crippen LogP contribution < -0.4 is 10.6 Å². The van der Waals surface area contributed by atoms with Crippen molar-refractivity contribution in [2.24, 2.45) is 0 Å². The highest BCUT2D eigenvalue weighted by Gasteiger charge is 2.03. The van der Waals surface area contributed by atoms with E-state index in [0.29, 0.717) is 22.4 Å². The number of nitrogens with one attached hydrogen (secondary N) is 2. The Morgan fingerprint density at radius 3 is 2.89 bits per heavy atom.